The van der Waals surface area contributed by atoms with Crippen LogP contribution in [0.5, 0.6) is 0 Å². The Bertz CT molecular complexity index is 443. The van der Waals surface area contributed by atoms with Crippen molar-refractivity contribution >= 4 is 23.5 Å². The first-order valence-corrected chi connectivity index (χ1v) is 5.42. The molecule has 0 atom stereocenters. The van der Waals surface area contributed by atoms with Gasteiger partial charge in [-0.1, -0.05) is 11.6 Å². The normalized spacial score (nSPS) is 15.5. The smallest absolute Gasteiger partial charge is 0.303 e. The number of hydrogen-bond acceptors (Lipinski definition) is 4. The van der Waals surface area contributed by atoms with Crippen molar-refractivity contribution in [2.45, 2.75) is 6.42 Å². The van der Waals surface area contributed by atoms with Crippen LogP contribution in [0.1, 0.15) is 16.9 Å². The number of rotatable bonds is 3. The predicted molar refractivity (Wildman–Crippen MR) is 58.7 cm³/mol. The molecule has 0 unspecified atom stereocenters. The number of nitrogens with zero attached hydrogens (tertiary/aromatic N) is 3. The number of carboxylic acid groups (broad SMARTS) is 1. The summed E-state index contributed by atoms with van der Waals surface area (Å²) in [5, 5.41) is 8.81. The maximum atomic E-state index is 11.8. The highest BCUT2D eigenvalue weighted by atomic mass is 35.5. The molecule has 2 heterocycles. The summed E-state index contributed by atoms with van der Waals surface area (Å²) in [5.41, 5.74) is 0.225. The molecule has 0 aromatic carbocycles. The van der Waals surface area contributed by atoms with Crippen LogP contribution in [0, 0.1) is 5.92 Å². The third-order valence-corrected chi connectivity index (χ3v) is 2.74. The molecule has 17 heavy (non-hydrogen) atoms. The molecule has 7 heteroatoms. The lowest BCUT2D eigenvalue weighted by molar-refractivity contribution is -0.139. The largest absolute Gasteiger partial charge is 0.481 e. The molecule has 1 aliphatic heterocycles. The van der Waals surface area contributed by atoms with Crippen LogP contribution < -0.4 is 0 Å². The van der Waals surface area contributed by atoms with E-state index in [9.17, 15) is 9.59 Å². The van der Waals surface area contributed by atoms with Gasteiger partial charge in [-0.25, -0.2) is 9.97 Å². The van der Waals surface area contributed by atoms with Crippen LogP contribution in [0.15, 0.2) is 12.4 Å². The van der Waals surface area contributed by atoms with Crippen LogP contribution in [0.2, 0.25) is 5.15 Å². The van der Waals surface area contributed by atoms with Gasteiger partial charge in [0, 0.05) is 19.0 Å². The number of amides is 1. The van der Waals surface area contributed by atoms with Crippen LogP contribution in [0.3, 0.4) is 0 Å². The van der Waals surface area contributed by atoms with Crippen LogP contribution in [0.25, 0.3) is 0 Å². The molecule has 1 N–H and O–H groups in total. The second-order valence-electron chi connectivity index (χ2n) is 3.90. The molecule has 0 spiro atoms. The van der Waals surface area contributed by atoms with Crippen LogP contribution >= 0.6 is 11.6 Å². The molecule has 2 rings (SSSR count). The maximum Gasteiger partial charge on any atom is 0.303 e. The van der Waals surface area contributed by atoms with Crippen LogP contribution in [0.4, 0.5) is 0 Å². The summed E-state index contributed by atoms with van der Waals surface area (Å²) in [4.78, 5) is 31.4. The molecule has 1 fully saturated rings. The van der Waals surface area contributed by atoms with Gasteiger partial charge in [-0.2, -0.15) is 0 Å². The highest BCUT2D eigenvalue weighted by Gasteiger charge is 2.33. The zero-order valence-corrected chi connectivity index (χ0v) is 9.59. The van der Waals surface area contributed by atoms with E-state index in [2.05, 4.69) is 9.97 Å². The second kappa shape index (κ2) is 4.67. The lowest BCUT2D eigenvalue weighted by Gasteiger charge is -2.38. The van der Waals surface area contributed by atoms with Gasteiger partial charge in [-0.15, -0.1) is 0 Å². The lowest BCUT2D eigenvalue weighted by atomic mass is 9.96. The van der Waals surface area contributed by atoms with Gasteiger partial charge in [0.15, 0.2) is 0 Å². The number of aromatic nitrogens is 2. The zero-order chi connectivity index (χ0) is 12.4. The molecule has 0 aliphatic carbocycles. The van der Waals surface area contributed by atoms with E-state index in [0.717, 1.165) is 0 Å². The first kappa shape index (κ1) is 11.8. The van der Waals surface area contributed by atoms with E-state index in [0.29, 0.717) is 13.1 Å². The molecule has 1 saturated heterocycles. The topological polar surface area (TPSA) is 83.4 Å². The Morgan fingerprint density at radius 3 is 2.65 bits per heavy atom. The summed E-state index contributed by atoms with van der Waals surface area (Å²) >= 11 is 5.56. The number of halogens is 1. The Balaban J connectivity index is 1.91. The van der Waals surface area contributed by atoms with Gasteiger partial charge in [-0.05, 0) is 0 Å². The Labute approximate surface area is 102 Å². The number of carbonyl (C=O) groups excluding carboxylic acids is 1. The summed E-state index contributed by atoms with van der Waals surface area (Å²) in [5.74, 6) is -1.04. The average Bonchev–Trinajstić information content (AvgIpc) is 2.23. The first-order valence-electron chi connectivity index (χ1n) is 5.05. The van der Waals surface area contributed by atoms with E-state index < -0.39 is 5.97 Å². The van der Waals surface area contributed by atoms with E-state index in [4.69, 9.17) is 16.7 Å². The number of likely N-dealkylation sites (tertiary alicyclic amines) is 1. The van der Waals surface area contributed by atoms with E-state index in [1.54, 1.807) is 4.90 Å². The monoisotopic (exact) mass is 255 g/mol. The molecule has 6 nitrogen and oxygen atoms in total. The number of aliphatic carboxylic acids is 1. The fourth-order valence-corrected chi connectivity index (χ4v) is 1.79. The van der Waals surface area contributed by atoms with Gasteiger partial charge in [0.05, 0.1) is 18.8 Å². The van der Waals surface area contributed by atoms with Gasteiger partial charge in [-0.3, -0.25) is 9.59 Å². The quantitative estimate of drug-likeness (QED) is 0.859. The fraction of sp³-hybridized carbons (Fsp3) is 0.400. The minimum Gasteiger partial charge on any atom is -0.481 e. The molecule has 0 bridgehead atoms. The van der Waals surface area contributed by atoms with Crippen molar-refractivity contribution in [3.05, 3.63) is 23.2 Å². The summed E-state index contributed by atoms with van der Waals surface area (Å²) in [7, 11) is 0. The van der Waals surface area contributed by atoms with Crippen molar-refractivity contribution in [3.63, 3.8) is 0 Å². The van der Waals surface area contributed by atoms with Crippen molar-refractivity contribution < 1.29 is 14.7 Å². The highest BCUT2D eigenvalue weighted by molar-refractivity contribution is 6.29. The Morgan fingerprint density at radius 1 is 1.41 bits per heavy atom. The summed E-state index contributed by atoms with van der Waals surface area (Å²) in [6.07, 6.45) is 2.72. The number of carboxylic acids is 1. The van der Waals surface area contributed by atoms with Crippen LogP contribution in [-0.2, 0) is 4.79 Å². The molecule has 90 valence electrons. The third kappa shape index (κ3) is 2.71. The maximum absolute atomic E-state index is 11.8. The number of hydrogen-bond donors (Lipinski definition) is 1. The van der Waals surface area contributed by atoms with E-state index in [-0.39, 0.29) is 29.1 Å². The van der Waals surface area contributed by atoms with Gasteiger partial charge in [0.1, 0.15) is 10.8 Å². The van der Waals surface area contributed by atoms with Crippen LogP contribution in [-0.4, -0.2) is 44.9 Å². The average molecular weight is 256 g/mol. The van der Waals surface area contributed by atoms with Gasteiger partial charge >= 0.3 is 5.97 Å². The minimum absolute atomic E-state index is 0.0386. The van der Waals surface area contributed by atoms with Gasteiger partial charge < -0.3 is 10.0 Å². The molecule has 1 aromatic rings. The third-order valence-electron chi connectivity index (χ3n) is 2.55. The minimum atomic E-state index is -0.839. The summed E-state index contributed by atoms with van der Waals surface area (Å²) in [6, 6.07) is 0. The summed E-state index contributed by atoms with van der Waals surface area (Å²) < 4.78 is 0. The highest BCUT2D eigenvalue weighted by Crippen LogP contribution is 2.20. The first-order chi connectivity index (χ1) is 8.06. The second-order valence-corrected chi connectivity index (χ2v) is 4.29. The summed E-state index contributed by atoms with van der Waals surface area (Å²) in [6.45, 7) is 0.908. The van der Waals surface area contributed by atoms with Gasteiger partial charge in [0.2, 0.25) is 0 Å². The Morgan fingerprint density at radius 2 is 2.12 bits per heavy atom. The molecular formula is C10H10ClN3O3. The predicted octanol–water partition coefficient (Wildman–Crippen LogP) is 0.677. The Hall–Kier alpha value is -1.69. The van der Waals surface area contributed by atoms with Crippen molar-refractivity contribution in [1.82, 2.24) is 14.9 Å². The van der Waals surface area contributed by atoms with E-state index in [1.807, 2.05) is 0 Å². The van der Waals surface area contributed by atoms with E-state index in [1.165, 1.54) is 12.4 Å². The Kier molecular flexibility index (Phi) is 3.23. The molecule has 0 radical (unpaired) electrons. The van der Waals surface area contributed by atoms with Gasteiger partial charge in [0.25, 0.3) is 5.91 Å². The fourth-order valence-electron chi connectivity index (χ4n) is 1.70. The number of carbonyl (C=O) groups is 2. The van der Waals surface area contributed by atoms with Crippen molar-refractivity contribution in [3.8, 4) is 0 Å². The van der Waals surface area contributed by atoms with E-state index >= 15 is 0 Å². The zero-order valence-electron chi connectivity index (χ0n) is 8.84. The van der Waals surface area contributed by atoms with Crippen molar-refractivity contribution in [2.24, 2.45) is 5.92 Å². The molecule has 1 amide bonds. The molecular weight excluding hydrogens is 246 g/mol. The van der Waals surface area contributed by atoms with Crippen molar-refractivity contribution in [1.29, 1.82) is 0 Å². The standard InChI is InChI=1S/C10H10ClN3O3/c11-8-3-12-7(2-13-8)10(17)14-4-6(5-14)1-9(15)16/h2-3,6H,1,4-5H2,(H,15,16). The SMILES string of the molecule is O=C(O)CC1CN(C(=O)c2cnc(Cl)cn2)C1. The molecule has 1 aliphatic rings. The lowest BCUT2D eigenvalue weighted by Crippen LogP contribution is -2.50. The van der Waals surface area contributed by atoms with Crippen molar-refractivity contribution in [2.75, 3.05) is 13.1 Å². The molecule has 0 saturated carbocycles. The molecule has 1 aromatic heterocycles.